The first-order valence-corrected chi connectivity index (χ1v) is 7.67. The lowest BCUT2D eigenvalue weighted by Gasteiger charge is -2.32. The van der Waals surface area contributed by atoms with Crippen molar-refractivity contribution in [1.82, 2.24) is 9.78 Å². The van der Waals surface area contributed by atoms with E-state index in [2.05, 4.69) is 5.10 Å². The van der Waals surface area contributed by atoms with Crippen LogP contribution in [0, 0.1) is 0 Å². The molecule has 1 aromatic heterocycles. The zero-order valence-corrected chi connectivity index (χ0v) is 14.2. The molecule has 6 nitrogen and oxygen atoms in total. The molecule has 2 heterocycles. The number of hydrogen-bond acceptors (Lipinski definition) is 4. The fourth-order valence-corrected chi connectivity index (χ4v) is 2.51. The maximum absolute atomic E-state index is 11.6. The minimum Gasteiger partial charge on any atom is -0.479 e. The summed E-state index contributed by atoms with van der Waals surface area (Å²) in [6, 6.07) is 0. The van der Waals surface area contributed by atoms with Gasteiger partial charge in [0, 0.05) is 17.9 Å². The van der Waals surface area contributed by atoms with Crippen molar-refractivity contribution in [2.24, 2.45) is 0 Å². The Labute approximate surface area is 131 Å². The third-order valence-electron chi connectivity index (χ3n) is 4.83. The van der Waals surface area contributed by atoms with Crippen molar-refractivity contribution in [1.29, 1.82) is 0 Å². The maximum atomic E-state index is 11.6. The summed E-state index contributed by atoms with van der Waals surface area (Å²) in [7, 11) is -0.529. The highest BCUT2D eigenvalue weighted by Gasteiger charge is 2.52. The number of hydrogen-bond donors (Lipinski definition) is 1. The third kappa shape index (κ3) is 2.67. The highest BCUT2D eigenvalue weighted by molar-refractivity contribution is 6.62. The first-order chi connectivity index (χ1) is 10.0. The fraction of sp³-hybridized carbons (Fsp3) is 0.733. The number of nitrogens with zero attached hydrogens (tertiary/aromatic N) is 2. The summed E-state index contributed by atoms with van der Waals surface area (Å²) in [5, 5.41) is 13.8. The van der Waals surface area contributed by atoms with E-state index in [9.17, 15) is 9.90 Å². The molecule has 0 spiro atoms. The molecule has 1 aliphatic rings. The minimum atomic E-state index is -1.06. The molecule has 0 aromatic carbocycles. The van der Waals surface area contributed by atoms with E-state index in [0.29, 0.717) is 6.42 Å². The van der Waals surface area contributed by atoms with Crippen LogP contribution in [0.5, 0.6) is 0 Å². The Morgan fingerprint density at radius 2 is 1.91 bits per heavy atom. The first-order valence-electron chi connectivity index (χ1n) is 7.67. The summed E-state index contributed by atoms with van der Waals surface area (Å²) in [5.41, 5.74) is -1.18. The molecular formula is C15H25BN2O4. The van der Waals surface area contributed by atoms with E-state index < -0.39 is 29.8 Å². The predicted molar refractivity (Wildman–Crippen MR) is 84.1 cm³/mol. The molecule has 1 fully saturated rings. The van der Waals surface area contributed by atoms with Crippen LogP contribution in [0.25, 0.3) is 0 Å². The number of carbonyl (C=O) groups is 1. The van der Waals surface area contributed by atoms with Crippen LogP contribution in [0.4, 0.5) is 0 Å². The van der Waals surface area contributed by atoms with E-state index in [0.717, 1.165) is 11.9 Å². The fourth-order valence-electron chi connectivity index (χ4n) is 2.51. The van der Waals surface area contributed by atoms with Gasteiger partial charge in [-0.1, -0.05) is 13.3 Å². The number of aliphatic carboxylic acids is 1. The average Bonchev–Trinajstić information content (AvgIpc) is 2.93. The van der Waals surface area contributed by atoms with Gasteiger partial charge in [0.1, 0.15) is 0 Å². The van der Waals surface area contributed by atoms with Gasteiger partial charge in [-0.2, -0.15) is 5.10 Å². The molecule has 1 aromatic rings. The van der Waals surface area contributed by atoms with Gasteiger partial charge in [-0.25, -0.2) is 4.79 Å². The normalized spacial score (nSPS) is 22.5. The summed E-state index contributed by atoms with van der Waals surface area (Å²) >= 11 is 0. The van der Waals surface area contributed by atoms with Crippen molar-refractivity contribution in [3.05, 3.63) is 12.4 Å². The zero-order valence-electron chi connectivity index (χ0n) is 14.2. The Morgan fingerprint density at radius 1 is 1.36 bits per heavy atom. The van der Waals surface area contributed by atoms with Gasteiger partial charge in [-0.15, -0.1) is 0 Å². The summed E-state index contributed by atoms with van der Waals surface area (Å²) in [6.45, 7) is 11.6. The molecule has 0 radical (unpaired) electrons. The Bertz CT molecular complexity index is 554. The predicted octanol–water partition coefficient (Wildman–Crippen LogP) is 1.78. The highest BCUT2D eigenvalue weighted by atomic mass is 16.7. The van der Waals surface area contributed by atoms with Crippen LogP contribution in [0.3, 0.4) is 0 Å². The van der Waals surface area contributed by atoms with Crippen molar-refractivity contribution >= 4 is 18.6 Å². The van der Waals surface area contributed by atoms with Gasteiger partial charge in [-0.3, -0.25) is 4.68 Å². The minimum absolute atomic E-state index is 0.431. The molecular weight excluding hydrogens is 283 g/mol. The Hall–Kier alpha value is -1.34. The lowest BCUT2D eigenvalue weighted by atomic mass is 9.81. The van der Waals surface area contributed by atoms with Crippen LogP contribution in [0.2, 0.25) is 0 Å². The third-order valence-corrected chi connectivity index (χ3v) is 4.83. The maximum Gasteiger partial charge on any atom is 0.498 e. The first kappa shape index (κ1) is 17.0. The Balaban J connectivity index is 2.28. The standard InChI is InChI=1S/C15H25BN2O4/c1-7-8-15(6,12(19)20)18-10-11(9-17-18)16-21-13(2,3)14(4,5)22-16/h9-10H,7-8H2,1-6H3,(H,19,20). The SMILES string of the molecule is CCCC(C)(C(=O)O)n1cc(B2OC(C)(C)C(C)(C)O2)cn1. The molecule has 1 aliphatic heterocycles. The lowest BCUT2D eigenvalue weighted by molar-refractivity contribution is -0.147. The highest BCUT2D eigenvalue weighted by Crippen LogP contribution is 2.36. The molecule has 0 bridgehead atoms. The number of carboxylic acids is 1. The number of carboxylic acid groups (broad SMARTS) is 1. The van der Waals surface area contributed by atoms with E-state index in [1.807, 2.05) is 34.6 Å². The van der Waals surface area contributed by atoms with E-state index in [1.54, 1.807) is 19.3 Å². The van der Waals surface area contributed by atoms with Crippen LogP contribution >= 0.6 is 0 Å². The van der Waals surface area contributed by atoms with E-state index in [-0.39, 0.29) is 0 Å². The van der Waals surface area contributed by atoms with Crippen LogP contribution < -0.4 is 5.46 Å². The summed E-state index contributed by atoms with van der Waals surface area (Å²) < 4.78 is 13.4. The molecule has 0 aliphatic carbocycles. The summed E-state index contributed by atoms with van der Waals surface area (Å²) in [6.07, 6.45) is 4.60. The largest absolute Gasteiger partial charge is 0.498 e. The monoisotopic (exact) mass is 308 g/mol. The molecule has 1 N–H and O–H groups in total. The van der Waals surface area contributed by atoms with Crippen molar-refractivity contribution in [3.8, 4) is 0 Å². The smallest absolute Gasteiger partial charge is 0.479 e. The van der Waals surface area contributed by atoms with Gasteiger partial charge in [-0.05, 0) is 41.0 Å². The summed E-state index contributed by atoms with van der Waals surface area (Å²) in [5.74, 6) is -0.891. The summed E-state index contributed by atoms with van der Waals surface area (Å²) in [4.78, 5) is 11.6. The van der Waals surface area contributed by atoms with Crippen molar-refractivity contribution in [3.63, 3.8) is 0 Å². The molecule has 7 heteroatoms. The van der Waals surface area contributed by atoms with Crippen LogP contribution in [-0.2, 0) is 19.6 Å². The van der Waals surface area contributed by atoms with Gasteiger partial charge in [0.2, 0.25) is 0 Å². The Morgan fingerprint density at radius 3 is 2.36 bits per heavy atom. The van der Waals surface area contributed by atoms with Gasteiger partial charge in [0.15, 0.2) is 5.54 Å². The van der Waals surface area contributed by atoms with Crippen LogP contribution in [-0.4, -0.2) is 39.2 Å². The second-order valence-electron chi connectivity index (χ2n) is 7.14. The van der Waals surface area contributed by atoms with Crippen molar-refractivity contribution < 1.29 is 19.2 Å². The molecule has 1 atom stereocenters. The quantitative estimate of drug-likeness (QED) is 0.839. The molecule has 2 rings (SSSR count). The van der Waals surface area contributed by atoms with Crippen LogP contribution in [0.15, 0.2) is 12.4 Å². The van der Waals surface area contributed by atoms with E-state index in [1.165, 1.54) is 4.68 Å². The number of rotatable bonds is 5. The van der Waals surface area contributed by atoms with Crippen molar-refractivity contribution in [2.45, 2.75) is 71.1 Å². The second kappa shape index (κ2) is 5.39. The van der Waals surface area contributed by atoms with Gasteiger partial charge in [0.25, 0.3) is 0 Å². The van der Waals surface area contributed by atoms with E-state index >= 15 is 0 Å². The van der Waals surface area contributed by atoms with Crippen LogP contribution in [0.1, 0.15) is 54.4 Å². The molecule has 0 amide bonds. The molecule has 0 saturated carbocycles. The van der Waals surface area contributed by atoms with E-state index in [4.69, 9.17) is 9.31 Å². The average molecular weight is 308 g/mol. The molecule has 122 valence electrons. The Kier molecular flexibility index (Phi) is 4.17. The zero-order chi connectivity index (χ0) is 16.8. The number of aromatic nitrogens is 2. The van der Waals surface area contributed by atoms with Gasteiger partial charge < -0.3 is 14.4 Å². The molecule has 1 unspecified atom stereocenters. The molecule has 1 saturated heterocycles. The second-order valence-corrected chi connectivity index (χ2v) is 7.14. The lowest BCUT2D eigenvalue weighted by Crippen LogP contribution is -2.41. The molecule has 22 heavy (non-hydrogen) atoms. The van der Waals surface area contributed by atoms with Gasteiger partial charge >= 0.3 is 13.1 Å². The van der Waals surface area contributed by atoms with Crippen molar-refractivity contribution in [2.75, 3.05) is 0 Å². The van der Waals surface area contributed by atoms with Gasteiger partial charge in [0.05, 0.1) is 11.2 Å². The topological polar surface area (TPSA) is 73.6 Å².